The monoisotopic (exact) mass is 460 g/mol. The zero-order valence-electron chi connectivity index (χ0n) is 21.2. The van der Waals surface area contributed by atoms with Gasteiger partial charge in [-0.25, -0.2) is 0 Å². The van der Waals surface area contributed by atoms with Crippen molar-refractivity contribution in [2.75, 3.05) is 0 Å². The van der Waals surface area contributed by atoms with E-state index < -0.39 is 0 Å². The molecule has 0 nitrogen and oxygen atoms in total. The Kier molecular flexibility index (Phi) is 4.51. The van der Waals surface area contributed by atoms with Crippen molar-refractivity contribution in [3.8, 4) is 44.5 Å². The lowest BCUT2D eigenvalue weighted by atomic mass is 9.86. The van der Waals surface area contributed by atoms with Crippen molar-refractivity contribution < 1.29 is 0 Å². The molecular weight excluding hydrogens is 432 g/mol. The molecule has 0 saturated heterocycles. The Balaban J connectivity index is 1.60. The lowest BCUT2D eigenvalue weighted by Crippen LogP contribution is -1.92. The number of aryl methyl sites for hydroxylation is 4. The number of benzene rings is 6. The van der Waals surface area contributed by atoms with Crippen LogP contribution in [0.25, 0.3) is 66.1 Å². The molecule has 0 radical (unpaired) electrons. The van der Waals surface area contributed by atoms with Crippen LogP contribution < -0.4 is 0 Å². The minimum Gasteiger partial charge on any atom is -0.0616 e. The minimum atomic E-state index is 1.29. The van der Waals surface area contributed by atoms with E-state index in [1.54, 1.807) is 0 Å². The number of fused-ring (bicyclic) bond motifs is 4. The van der Waals surface area contributed by atoms with Gasteiger partial charge in [-0.05, 0) is 110 Å². The summed E-state index contributed by atoms with van der Waals surface area (Å²) in [6, 6.07) is 36.4. The Labute approximate surface area is 212 Å². The van der Waals surface area contributed by atoms with Gasteiger partial charge < -0.3 is 0 Å². The maximum atomic E-state index is 2.41. The van der Waals surface area contributed by atoms with Gasteiger partial charge >= 0.3 is 0 Å². The Morgan fingerprint density at radius 3 is 1.94 bits per heavy atom. The summed E-state index contributed by atoms with van der Waals surface area (Å²) in [7, 11) is 0. The maximum Gasteiger partial charge on any atom is -0.00170 e. The maximum absolute atomic E-state index is 2.41. The average Bonchev–Trinajstić information content (AvgIpc) is 3.21. The van der Waals surface area contributed by atoms with Crippen molar-refractivity contribution >= 4 is 21.5 Å². The quantitative estimate of drug-likeness (QED) is 0.241. The Hall–Kier alpha value is -4.16. The van der Waals surface area contributed by atoms with E-state index in [4.69, 9.17) is 0 Å². The molecule has 0 heteroatoms. The molecule has 0 unspecified atom stereocenters. The third-order valence-corrected chi connectivity index (χ3v) is 7.81. The number of hydrogen-bond acceptors (Lipinski definition) is 0. The predicted molar refractivity (Wildman–Crippen MR) is 156 cm³/mol. The highest BCUT2D eigenvalue weighted by molar-refractivity contribution is 6.22. The standard InChI is InChI=1S/C36H28/c1-21-9-7-11-26(15-21)30-20-24(4)34-35-28(30)13-8-14-29(35)32-18-23(3)19-33(36(32)34)31-17-22(2)16-25-10-5-6-12-27(25)31/h5-20H,1-4H3. The van der Waals surface area contributed by atoms with E-state index in [2.05, 4.69) is 125 Å². The second-order valence-electron chi connectivity index (χ2n) is 10.5. The van der Waals surface area contributed by atoms with Crippen molar-refractivity contribution in [2.24, 2.45) is 0 Å². The van der Waals surface area contributed by atoms with Crippen molar-refractivity contribution in [1.29, 1.82) is 0 Å². The third kappa shape index (κ3) is 3.01. The molecule has 6 aromatic carbocycles. The molecule has 0 fully saturated rings. The van der Waals surface area contributed by atoms with Crippen LogP contribution in [0.15, 0.2) is 97.1 Å². The predicted octanol–water partition coefficient (Wildman–Crippen LogP) is 10.2. The molecular formula is C36H28. The summed E-state index contributed by atoms with van der Waals surface area (Å²) in [6.07, 6.45) is 0. The smallest absolute Gasteiger partial charge is 0.00170 e. The van der Waals surface area contributed by atoms with E-state index in [0.717, 1.165) is 0 Å². The second-order valence-corrected chi connectivity index (χ2v) is 10.5. The average molecular weight is 461 g/mol. The zero-order chi connectivity index (χ0) is 24.6. The van der Waals surface area contributed by atoms with Gasteiger partial charge in [-0.2, -0.15) is 0 Å². The van der Waals surface area contributed by atoms with Gasteiger partial charge in [0.2, 0.25) is 0 Å². The Bertz CT molecular complexity index is 1870. The fourth-order valence-corrected chi connectivity index (χ4v) is 6.37. The largest absolute Gasteiger partial charge is 0.0616 e. The van der Waals surface area contributed by atoms with Gasteiger partial charge in [-0.3, -0.25) is 0 Å². The molecule has 1 aliphatic rings. The molecule has 36 heavy (non-hydrogen) atoms. The van der Waals surface area contributed by atoms with E-state index in [-0.39, 0.29) is 0 Å². The van der Waals surface area contributed by atoms with Crippen molar-refractivity contribution in [3.63, 3.8) is 0 Å². The van der Waals surface area contributed by atoms with Crippen molar-refractivity contribution in [1.82, 2.24) is 0 Å². The lowest BCUT2D eigenvalue weighted by molar-refractivity contribution is 1.44. The molecule has 0 spiro atoms. The van der Waals surface area contributed by atoms with E-state index in [9.17, 15) is 0 Å². The Morgan fingerprint density at radius 2 is 1.11 bits per heavy atom. The van der Waals surface area contributed by atoms with Gasteiger partial charge in [0.15, 0.2) is 0 Å². The second kappa shape index (κ2) is 7.67. The highest BCUT2D eigenvalue weighted by atomic mass is 14.3. The van der Waals surface area contributed by atoms with Crippen LogP contribution in [-0.4, -0.2) is 0 Å². The molecule has 172 valence electrons. The molecule has 0 atom stereocenters. The first-order valence-corrected chi connectivity index (χ1v) is 12.8. The topological polar surface area (TPSA) is 0 Å². The summed E-state index contributed by atoms with van der Waals surface area (Å²) in [6.45, 7) is 8.90. The van der Waals surface area contributed by atoms with Crippen molar-refractivity contribution in [3.05, 3.63) is 119 Å². The van der Waals surface area contributed by atoms with Crippen LogP contribution in [0.1, 0.15) is 22.3 Å². The van der Waals surface area contributed by atoms with Gasteiger partial charge in [0.1, 0.15) is 0 Å². The molecule has 0 saturated carbocycles. The van der Waals surface area contributed by atoms with Crippen LogP contribution in [0, 0.1) is 27.7 Å². The summed E-state index contributed by atoms with van der Waals surface area (Å²) in [4.78, 5) is 0. The van der Waals surface area contributed by atoms with E-state index in [1.807, 2.05) is 0 Å². The zero-order valence-corrected chi connectivity index (χ0v) is 21.2. The van der Waals surface area contributed by atoms with E-state index in [1.165, 1.54) is 88.3 Å². The molecule has 0 bridgehead atoms. The minimum absolute atomic E-state index is 1.29. The third-order valence-electron chi connectivity index (χ3n) is 7.81. The molecule has 1 aliphatic carbocycles. The summed E-state index contributed by atoms with van der Waals surface area (Å²) < 4.78 is 0. The van der Waals surface area contributed by atoms with Crippen LogP contribution >= 0.6 is 0 Å². The van der Waals surface area contributed by atoms with Gasteiger partial charge in [0, 0.05) is 0 Å². The van der Waals surface area contributed by atoms with Crippen LogP contribution in [0.2, 0.25) is 0 Å². The summed E-state index contributed by atoms with van der Waals surface area (Å²) in [5.74, 6) is 0. The van der Waals surface area contributed by atoms with E-state index >= 15 is 0 Å². The Morgan fingerprint density at radius 1 is 0.417 bits per heavy atom. The number of hydrogen-bond donors (Lipinski definition) is 0. The SMILES string of the molecule is Cc1cccc(-c2cc(C)c3c4c(cccc24)-c2cc(C)cc(-c4cc(C)cc5ccccc45)c2-3)c1. The first kappa shape index (κ1) is 21.1. The van der Waals surface area contributed by atoms with Crippen LogP contribution in [-0.2, 0) is 0 Å². The van der Waals surface area contributed by atoms with E-state index in [0.29, 0.717) is 0 Å². The normalized spacial score (nSPS) is 11.9. The molecule has 6 aromatic rings. The van der Waals surface area contributed by atoms with Gasteiger partial charge in [-0.15, -0.1) is 0 Å². The van der Waals surface area contributed by atoms with Crippen molar-refractivity contribution in [2.45, 2.75) is 27.7 Å². The molecule has 0 amide bonds. The molecule has 0 N–H and O–H groups in total. The first-order valence-electron chi connectivity index (χ1n) is 12.8. The summed E-state index contributed by atoms with van der Waals surface area (Å²) in [5.41, 5.74) is 16.0. The highest BCUT2D eigenvalue weighted by Crippen LogP contribution is 2.55. The molecule has 0 heterocycles. The number of rotatable bonds is 2. The first-order chi connectivity index (χ1) is 17.5. The fourth-order valence-electron chi connectivity index (χ4n) is 6.37. The summed E-state index contributed by atoms with van der Waals surface area (Å²) in [5, 5.41) is 5.35. The van der Waals surface area contributed by atoms with Gasteiger partial charge in [0.05, 0.1) is 0 Å². The van der Waals surface area contributed by atoms with Crippen LogP contribution in [0.4, 0.5) is 0 Å². The molecule has 0 aromatic heterocycles. The van der Waals surface area contributed by atoms with Gasteiger partial charge in [0.25, 0.3) is 0 Å². The van der Waals surface area contributed by atoms with Gasteiger partial charge in [-0.1, -0.05) is 103 Å². The van der Waals surface area contributed by atoms with Crippen LogP contribution in [0.5, 0.6) is 0 Å². The lowest BCUT2D eigenvalue weighted by Gasteiger charge is -2.17. The molecule has 7 rings (SSSR count). The highest BCUT2D eigenvalue weighted by Gasteiger charge is 2.28. The molecule has 0 aliphatic heterocycles. The summed E-state index contributed by atoms with van der Waals surface area (Å²) >= 11 is 0. The van der Waals surface area contributed by atoms with Crippen LogP contribution in [0.3, 0.4) is 0 Å². The fraction of sp³-hybridized carbons (Fsp3) is 0.111.